The van der Waals surface area contributed by atoms with E-state index >= 15 is 0 Å². The third-order valence-corrected chi connectivity index (χ3v) is 3.62. The fraction of sp³-hybridized carbons (Fsp3) is 0.357. The fourth-order valence-corrected chi connectivity index (χ4v) is 2.49. The van der Waals surface area contributed by atoms with Gasteiger partial charge in [0.25, 0.3) is 5.91 Å². The molecule has 0 bridgehead atoms. The monoisotopic (exact) mass is 306 g/mol. The number of ether oxygens (including phenoxy) is 1. The minimum absolute atomic E-state index is 0.211. The molecular formula is C14H15ClN4O2. The quantitative estimate of drug-likeness (QED) is 0.941. The van der Waals surface area contributed by atoms with Crippen LogP contribution < -0.4 is 5.32 Å². The predicted octanol–water partition coefficient (Wildman–Crippen LogP) is 2.36. The van der Waals surface area contributed by atoms with Gasteiger partial charge in [0.05, 0.1) is 35.1 Å². The minimum Gasteiger partial charge on any atom is -0.376 e. The van der Waals surface area contributed by atoms with E-state index in [2.05, 4.69) is 15.4 Å². The van der Waals surface area contributed by atoms with Gasteiger partial charge in [0.2, 0.25) is 0 Å². The number of nitrogens with zero attached hydrogens (tertiary/aromatic N) is 3. The van der Waals surface area contributed by atoms with Crippen LogP contribution >= 0.6 is 11.6 Å². The summed E-state index contributed by atoms with van der Waals surface area (Å²) in [7, 11) is 0. The zero-order valence-corrected chi connectivity index (χ0v) is 12.1. The predicted molar refractivity (Wildman–Crippen MR) is 78.4 cm³/mol. The number of aromatic nitrogens is 3. The van der Waals surface area contributed by atoms with Gasteiger partial charge in [-0.3, -0.25) is 14.5 Å². The van der Waals surface area contributed by atoms with E-state index in [9.17, 15) is 4.79 Å². The Kier molecular flexibility index (Phi) is 4.17. The third-order valence-electron chi connectivity index (χ3n) is 3.32. The van der Waals surface area contributed by atoms with Crippen molar-refractivity contribution in [1.82, 2.24) is 14.8 Å². The maximum Gasteiger partial charge on any atom is 0.257 e. The number of hydrogen-bond donors (Lipinski definition) is 1. The normalized spacial score (nSPS) is 17.9. The molecule has 1 aliphatic rings. The summed E-state index contributed by atoms with van der Waals surface area (Å²) >= 11 is 5.94. The average molecular weight is 307 g/mol. The Morgan fingerprint density at radius 1 is 1.52 bits per heavy atom. The van der Waals surface area contributed by atoms with Gasteiger partial charge in [0.15, 0.2) is 0 Å². The molecular weight excluding hydrogens is 292 g/mol. The van der Waals surface area contributed by atoms with E-state index < -0.39 is 0 Å². The average Bonchev–Trinajstić information content (AvgIpc) is 3.12. The van der Waals surface area contributed by atoms with E-state index in [0.717, 1.165) is 19.4 Å². The van der Waals surface area contributed by atoms with Crippen molar-refractivity contribution in [3.05, 3.63) is 41.4 Å². The van der Waals surface area contributed by atoms with Crippen molar-refractivity contribution >= 4 is 23.2 Å². The number of carbonyl (C=O) groups excluding carboxylic acids is 1. The van der Waals surface area contributed by atoms with Gasteiger partial charge in [-0.05, 0) is 18.9 Å². The molecule has 110 valence electrons. The molecule has 0 spiro atoms. The maximum atomic E-state index is 12.1. The number of anilines is 1. The molecule has 0 saturated carbocycles. The number of pyridine rings is 1. The molecule has 1 amide bonds. The highest BCUT2D eigenvalue weighted by Crippen LogP contribution is 2.17. The van der Waals surface area contributed by atoms with Crippen LogP contribution in [-0.4, -0.2) is 33.4 Å². The first-order valence-electron chi connectivity index (χ1n) is 6.77. The van der Waals surface area contributed by atoms with Crippen LogP contribution in [0.15, 0.2) is 30.9 Å². The lowest BCUT2D eigenvalue weighted by atomic mass is 10.2. The second-order valence-corrected chi connectivity index (χ2v) is 5.30. The topological polar surface area (TPSA) is 69.0 Å². The smallest absolute Gasteiger partial charge is 0.257 e. The summed E-state index contributed by atoms with van der Waals surface area (Å²) in [4.78, 5) is 16.0. The van der Waals surface area contributed by atoms with E-state index in [1.165, 1.54) is 12.4 Å². The van der Waals surface area contributed by atoms with Crippen molar-refractivity contribution in [1.29, 1.82) is 0 Å². The number of carbonyl (C=O) groups is 1. The van der Waals surface area contributed by atoms with Crippen molar-refractivity contribution < 1.29 is 9.53 Å². The molecule has 1 N–H and O–H groups in total. The molecule has 1 saturated heterocycles. The molecule has 21 heavy (non-hydrogen) atoms. The second kappa shape index (κ2) is 6.24. The van der Waals surface area contributed by atoms with Crippen LogP contribution in [0, 0.1) is 0 Å². The van der Waals surface area contributed by atoms with Crippen LogP contribution in [0.1, 0.15) is 23.2 Å². The van der Waals surface area contributed by atoms with Gasteiger partial charge in [0, 0.05) is 25.2 Å². The second-order valence-electron chi connectivity index (χ2n) is 4.90. The molecule has 0 aromatic carbocycles. The van der Waals surface area contributed by atoms with Gasteiger partial charge >= 0.3 is 0 Å². The molecule has 7 heteroatoms. The first-order chi connectivity index (χ1) is 10.2. The number of halogens is 1. The Morgan fingerprint density at radius 3 is 3.19 bits per heavy atom. The summed E-state index contributed by atoms with van der Waals surface area (Å²) in [6.07, 6.45) is 8.72. The summed E-state index contributed by atoms with van der Waals surface area (Å²) in [5.41, 5.74) is 1.02. The minimum atomic E-state index is -0.279. The Morgan fingerprint density at radius 2 is 2.43 bits per heavy atom. The molecule has 2 aromatic rings. The molecule has 1 fully saturated rings. The van der Waals surface area contributed by atoms with Crippen molar-refractivity contribution in [2.45, 2.75) is 25.5 Å². The Hall–Kier alpha value is -1.92. The lowest BCUT2D eigenvalue weighted by molar-refractivity contribution is 0.0940. The zero-order chi connectivity index (χ0) is 14.7. The van der Waals surface area contributed by atoms with Gasteiger partial charge in [-0.1, -0.05) is 11.6 Å². The van der Waals surface area contributed by atoms with E-state index in [4.69, 9.17) is 16.3 Å². The SMILES string of the molecule is O=C(Nc1cnn(CC2CCCO2)c1)c1ccncc1Cl. The van der Waals surface area contributed by atoms with Gasteiger partial charge in [-0.25, -0.2) is 0 Å². The number of amides is 1. The highest BCUT2D eigenvalue weighted by Gasteiger charge is 2.17. The van der Waals surface area contributed by atoms with Crippen molar-refractivity contribution in [3.8, 4) is 0 Å². The number of nitrogens with one attached hydrogen (secondary N) is 1. The first-order valence-corrected chi connectivity index (χ1v) is 7.15. The maximum absolute atomic E-state index is 12.1. The van der Waals surface area contributed by atoms with E-state index in [0.29, 0.717) is 22.8 Å². The molecule has 6 nitrogen and oxygen atoms in total. The largest absolute Gasteiger partial charge is 0.376 e. The van der Waals surface area contributed by atoms with Crippen molar-refractivity contribution in [2.75, 3.05) is 11.9 Å². The zero-order valence-electron chi connectivity index (χ0n) is 11.3. The molecule has 0 aliphatic carbocycles. The Balaban J connectivity index is 1.64. The molecule has 0 radical (unpaired) electrons. The van der Waals surface area contributed by atoms with E-state index in [1.54, 1.807) is 23.1 Å². The lowest BCUT2D eigenvalue weighted by Crippen LogP contribution is -2.15. The summed E-state index contributed by atoms with van der Waals surface area (Å²) in [5.74, 6) is -0.279. The summed E-state index contributed by atoms with van der Waals surface area (Å²) < 4.78 is 7.34. The highest BCUT2D eigenvalue weighted by atomic mass is 35.5. The van der Waals surface area contributed by atoms with Crippen LogP contribution in [0.3, 0.4) is 0 Å². The van der Waals surface area contributed by atoms with E-state index in [1.807, 2.05) is 0 Å². The summed E-state index contributed by atoms with van der Waals surface area (Å²) in [6, 6.07) is 1.58. The van der Waals surface area contributed by atoms with Crippen molar-refractivity contribution in [3.63, 3.8) is 0 Å². The Bertz CT molecular complexity index is 637. The molecule has 1 aliphatic heterocycles. The highest BCUT2D eigenvalue weighted by molar-refractivity contribution is 6.34. The molecule has 3 rings (SSSR count). The van der Waals surface area contributed by atoms with Gasteiger partial charge in [-0.15, -0.1) is 0 Å². The van der Waals surface area contributed by atoms with Gasteiger partial charge in [0.1, 0.15) is 0 Å². The molecule has 1 unspecified atom stereocenters. The van der Waals surface area contributed by atoms with Gasteiger partial charge < -0.3 is 10.1 Å². The van der Waals surface area contributed by atoms with E-state index in [-0.39, 0.29) is 12.0 Å². The first kappa shape index (κ1) is 14.0. The van der Waals surface area contributed by atoms with Crippen LogP contribution in [-0.2, 0) is 11.3 Å². The number of hydrogen-bond acceptors (Lipinski definition) is 4. The lowest BCUT2D eigenvalue weighted by Gasteiger charge is -2.08. The molecule has 2 aromatic heterocycles. The fourth-order valence-electron chi connectivity index (χ4n) is 2.28. The van der Waals surface area contributed by atoms with Crippen LogP contribution in [0.2, 0.25) is 5.02 Å². The molecule has 1 atom stereocenters. The van der Waals surface area contributed by atoms with Gasteiger partial charge in [-0.2, -0.15) is 5.10 Å². The number of rotatable bonds is 4. The Labute approximate surface area is 127 Å². The standard InChI is InChI=1S/C14H15ClN4O2/c15-13-7-16-4-3-12(13)14(20)18-10-6-17-19(8-10)9-11-2-1-5-21-11/h3-4,6-8,11H,1-2,5,9H2,(H,18,20). The van der Waals surface area contributed by atoms with Crippen molar-refractivity contribution in [2.24, 2.45) is 0 Å². The summed E-state index contributed by atoms with van der Waals surface area (Å²) in [6.45, 7) is 1.52. The molecule has 3 heterocycles. The van der Waals surface area contributed by atoms with Crippen LogP contribution in [0.5, 0.6) is 0 Å². The van der Waals surface area contributed by atoms with Crippen LogP contribution in [0.25, 0.3) is 0 Å². The summed E-state index contributed by atoms with van der Waals surface area (Å²) in [5, 5.41) is 7.32. The third kappa shape index (κ3) is 3.40. The van der Waals surface area contributed by atoms with Crippen LogP contribution in [0.4, 0.5) is 5.69 Å².